The fraction of sp³-hybridized carbons (Fsp3) is 0.649. The summed E-state index contributed by atoms with van der Waals surface area (Å²) < 4.78 is 33.4. The first kappa shape index (κ1) is 42.9. The summed E-state index contributed by atoms with van der Waals surface area (Å²) in [5.41, 5.74) is -5.73. The van der Waals surface area contributed by atoms with E-state index in [9.17, 15) is 29.1 Å². The van der Waals surface area contributed by atoms with Crippen molar-refractivity contribution in [1.82, 2.24) is 15.1 Å². The minimum absolute atomic E-state index is 0.0320. The number of carbonyl (C=O) groups is 5. The number of aliphatic hydroxyl groups is 1. The average Bonchev–Trinajstić information content (AvgIpc) is 3.64. The van der Waals surface area contributed by atoms with Crippen LogP contribution < -0.4 is 10.1 Å². The highest BCUT2D eigenvalue weighted by molar-refractivity contribution is 6.37. The van der Waals surface area contributed by atoms with Crippen molar-refractivity contribution in [2.24, 2.45) is 0 Å². The average molecular weight is 801 g/mol. The van der Waals surface area contributed by atoms with Gasteiger partial charge >= 0.3 is 24.1 Å². The van der Waals surface area contributed by atoms with E-state index < -0.39 is 76.4 Å². The first-order chi connectivity index (χ1) is 25.1. The summed E-state index contributed by atoms with van der Waals surface area (Å²) in [6.45, 7) is 9.82. The van der Waals surface area contributed by atoms with Crippen molar-refractivity contribution in [3.8, 4) is 5.75 Å². The lowest BCUT2D eigenvalue weighted by Crippen LogP contribution is -2.69. The van der Waals surface area contributed by atoms with Crippen LogP contribution in [0.3, 0.4) is 0 Å². The molecular weight excluding hydrogens is 749 g/mol. The van der Waals surface area contributed by atoms with Crippen LogP contribution in [0, 0.1) is 0 Å². The molecule has 1 saturated carbocycles. The van der Waals surface area contributed by atoms with E-state index in [0.717, 1.165) is 38.4 Å². The molecule has 0 unspecified atom stereocenters. The van der Waals surface area contributed by atoms with Crippen molar-refractivity contribution in [3.63, 3.8) is 0 Å². The van der Waals surface area contributed by atoms with Crippen LogP contribution in [0.15, 0.2) is 23.9 Å². The summed E-state index contributed by atoms with van der Waals surface area (Å²) in [5.74, 6) is -2.67. The van der Waals surface area contributed by atoms with Gasteiger partial charge in [-0.2, -0.15) is 0 Å². The number of benzene rings is 1. The molecule has 4 rings (SSSR count). The monoisotopic (exact) mass is 799 g/mol. The van der Waals surface area contributed by atoms with Crippen LogP contribution >= 0.6 is 23.2 Å². The lowest BCUT2D eigenvalue weighted by molar-refractivity contribution is -0.166. The van der Waals surface area contributed by atoms with Crippen LogP contribution in [-0.4, -0.2) is 114 Å². The number of nitrogens with zero attached hydrogens (tertiary/aromatic N) is 2. The van der Waals surface area contributed by atoms with Crippen molar-refractivity contribution in [2.45, 2.75) is 127 Å². The van der Waals surface area contributed by atoms with E-state index in [2.05, 4.69) is 5.32 Å². The lowest BCUT2D eigenvalue weighted by Gasteiger charge is -2.47. The Morgan fingerprint density at radius 1 is 0.889 bits per heavy atom. The van der Waals surface area contributed by atoms with Gasteiger partial charge in [0.05, 0.1) is 50.1 Å². The maximum Gasteiger partial charge on any atom is 0.413 e. The molecule has 0 bridgehead atoms. The molecule has 17 heteroatoms. The van der Waals surface area contributed by atoms with Crippen molar-refractivity contribution >= 4 is 53.2 Å². The van der Waals surface area contributed by atoms with E-state index >= 15 is 0 Å². The smallest absolute Gasteiger partial charge is 0.413 e. The maximum atomic E-state index is 14.3. The summed E-state index contributed by atoms with van der Waals surface area (Å²) in [4.78, 5) is 71.5. The number of likely N-dealkylation sites (tertiary alicyclic amines) is 1. The predicted octanol–water partition coefficient (Wildman–Crippen LogP) is 5.76. The number of esters is 2. The Kier molecular flexibility index (Phi) is 13.1. The second-order valence-electron chi connectivity index (χ2n) is 15.6. The largest absolute Gasteiger partial charge is 0.494 e. The number of ether oxygens (including phenoxy) is 6. The van der Waals surface area contributed by atoms with E-state index in [-0.39, 0.29) is 40.8 Å². The topological polar surface area (TPSA) is 179 Å². The Hall–Kier alpha value is -3.79. The Labute approximate surface area is 325 Å². The third kappa shape index (κ3) is 8.85. The minimum atomic E-state index is -2.19. The first-order valence-corrected chi connectivity index (χ1v) is 18.5. The Bertz CT molecular complexity index is 1630. The second kappa shape index (κ2) is 16.5. The van der Waals surface area contributed by atoms with Gasteiger partial charge in [0, 0.05) is 5.56 Å². The number of aliphatic hydroxyl groups excluding tert-OH is 1. The van der Waals surface area contributed by atoms with Crippen LogP contribution in [0.2, 0.25) is 10.0 Å². The van der Waals surface area contributed by atoms with Crippen LogP contribution in [0.25, 0.3) is 0 Å². The zero-order valence-corrected chi connectivity index (χ0v) is 33.7. The van der Waals surface area contributed by atoms with Gasteiger partial charge in [-0.05, 0) is 98.3 Å². The van der Waals surface area contributed by atoms with E-state index in [0.29, 0.717) is 12.8 Å². The third-order valence-electron chi connectivity index (χ3n) is 9.56. The molecule has 2 heterocycles. The summed E-state index contributed by atoms with van der Waals surface area (Å²) in [7, 11) is 3.56. The molecule has 3 fully saturated rings. The molecule has 2 N–H and O–H groups in total. The highest BCUT2D eigenvalue weighted by Crippen LogP contribution is 2.47. The van der Waals surface area contributed by atoms with Crippen LogP contribution in [0.1, 0.15) is 96.8 Å². The number of methoxy groups -OCH3 is 3. The quantitative estimate of drug-likeness (QED) is 0.185. The molecule has 1 aromatic carbocycles. The van der Waals surface area contributed by atoms with Crippen molar-refractivity contribution in [3.05, 3.63) is 39.5 Å². The lowest BCUT2D eigenvalue weighted by atomic mass is 9.83. The third-order valence-corrected chi connectivity index (χ3v) is 10.1. The first-order valence-electron chi connectivity index (χ1n) is 17.7. The SMILES string of the molecule is COC(=O)/C(=C\[C@H]1CC[C@](C(=O)OC)([C@@H](O)[C@@H]2COC3(CCCCC3)N2C(=O)OC(C)(C)C)N1C(=O)OC(C)(C)C)NC(=O)c1cc(Cl)c(OC)c(Cl)c1. The molecule has 3 aliphatic rings. The van der Waals surface area contributed by atoms with E-state index in [1.54, 1.807) is 41.5 Å². The number of hydrogen-bond acceptors (Lipinski definition) is 12. The zero-order valence-electron chi connectivity index (χ0n) is 32.2. The van der Waals surface area contributed by atoms with Gasteiger partial charge in [-0.3, -0.25) is 14.6 Å². The molecule has 1 aliphatic carbocycles. The van der Waals surface area contributed by atoms with Gasteiger partial charge in [-0.15, -0.1) is 0 Å². The molecular formula is C37H51Cl2N3O12. The Morgan fingerprint density at radius 3 is 1.94 bits per heavy atom. The van der Waals surface area contributed by atoms with Gasteiger partial charge in [0.15, 0.2) is 11.3 Å². The highest BCUT2D eigenvalue weighted by atomic mass is 35.5. The van der Waals surface area contributed by atoms with Crippen LogP contribution in [0.5, 0.6) is 5.75 Å². The number of amides is 3. The van der Waals surface area contributed by atoms with Crippen LogP contribution in [-0.2, 0) is 33.3 Å². The van der Waals surface area contributed by atoms with Gasteiger partial charge in [-0.25, -0.2) is 19.2 Å². The summed E-state index contributed by atoms with van der Waals surface area (Å²) in [6.07, 6.45) is 0.737. The van der Waals surface area contributed by atoms with Gasteiger partial charge in [0.25, 0.3) is 5.91 Å². The van der Waals surface area contributed by atoms with Gasteiger partial charge < -0.3 is 38.8 Å². The maximum absolute atomic E-state index is 14.3. The van der Waals surface area contributed by atoms with Crippen molar-refractivity contribution in [1.29, 1.82) is 0 Å². The fourth-order valence-corrected chi connectivity index (χ4v) is 7.99. The molecule has 2 aliphatic heterocycles. The number of rotatable bonds is 8. The normalized spacial score (nSPS) is 23.4. The predicted molar refractivity (Wildman–Crippen MR) is 196 cm³/mol. The summed E-state index contributed by atoms with van der Waals surface area (Å²) in [5, 5.41) is 15.1. The standard InChI is InChI=1S/C37H51Cl2N3O12/c1-34(2,3)53-32(47)41-22(19-25(30(45)50-8)40-29(44)21-17-23(38)27(49-7)24(39)18-21)13-16-37(41,31(46)51-9)28(43)26-20-52-36(14-11-10-12-15-36)42(26)33(48)54-35(4,5)6/h17-19,22,26,28,43H,10-16,20H2,1-9H3,(H,40,44)/b25-19+/t22-,26+,28+,37-/m1/s1. The number of halogens is 2. The van der Waals surface area contributed by atoms with Gasteiger partial charge in [0.2, 0.25) is 0 Å². The van der Waals surface area contributed by atoms with E-state index in [1.807, 2.05) is 0 Å². The van der Waals surface area contributed by atoms with Crippen molar-refractivity contribution < 1.29 is 57.5 Å². The molecule has 300 valence electrons. The summed E-state index contributed by atoms with van der Waals surface area (Å²) in [6, 6.07) is 0.217. The number of carbonyl (C=O) groups excluding carboxylic acids is 5. The number of hydrogen-bond donors (Lipinski definition) is 2. The van der Waals surface area contributed by atoms with Gasteiger partial charge in [-0.1, -0.05) is 29.6 Å². The number of nitrogens with one attached hydrogen (secondary N) is 1. The zero-order chi connectivity index (χ0) is 40.4. The van der Waals surface area contributed by atoms with E-state index in [4.69, 9.17) is 51.6 Å². The molecule has 1 spiro atoms. The molecule has 54 heavy (non-hydrogen) atoms. The molecule has 4 atom stereocenters. The molecule has 2 saturated heterocycles. The minimum Gasteiger partial charge on any atom is -0.494 e. The van der Waals surface area contributed by atoms with Crippen LogP contribution in [0.4, 0.5) is 9.59 Å². The fourth-order valence-electron chi connectivity index (χ4n) is 7.35. The molecule has 0 aromatic heterocycles. The molecule has 3 amide bonds. The molecule has 1 aromatic rings. The Balaban J connectivity index is 1.84. The molecule has 0 radical (unpaired) electrons. The van der Waals surface area contributed by atoms with Crippen molar-refractivity contribution in [2.75, 3.05) is 27.9 Å². The highest BCUT2D eigenvalue weighted by Gasteiger charge is 2.66. The van der Waals surface area contributed by atoms with Gasteiger partial charge in [0.1, 0.15) is 28.7 Å². The molecule has 15 nitrogen and oxygen atoms in total. The van der Waals surface area contributed by atoms with E-state index in [1.165, 1.54) is 30.2 Å². The Morgan fingerprint density at radius 2 is 1.44 bits per heavy atom. The second-order valence-corrected chi connectivity index (χ2v) is 16.4. The summed E-state index contributed by atoms with van der Waals surface area (Å²) >= 11 is 12.5.